The van der Waals surface area contributed by atoms with Gasteiger partial charge in [0.15, 0.2) is 0 Å². The Labute approximate surface area is 212 Å². The van der Waals surface area contributed by atoms with Crippen LogP contribution in [0.4, 0.5) is 0 Å². The maximum atomic E-state index is 13.6. The number of carboxylic acids is 1. The van der Waals surface area contributed by atoms with Crippen molar-refractivity contribution in [2.75, 3.05) is 19.1 Å². The van der Waals surface area contributed by atoms with Crippen LogP contribution in [0.1, 0.15) is 38.8 Å². The van der Waals surface area contributed by atoms with Crippen LogP contribution >= 0.6 is 35.7 Å². The molecule has 3 fully saturated rings. The average molecular weight is 525 g/mol. The van der Waals surface area contributed by atoms with E-state index in [2.05, 4.69) is 12.2 Å². The summed E-state index contributed by atoms with van der Waals surface area (Å²) in [5.74, 6) is -1.16. The third-order valence-electron chi connectivity index (χ3n) is 6.25. The molecule has 0 spiro atoms. The summed E-state index contributed by atoms with van der Waals surface area (Å²) in [5.41, 5.74) is 0.687. The molecule has 3 aliphatic rings. The minimum atomic E-state index is -1.04. The van der Waals surface area contributed by atoms with Crippen molar-refractivity contribution in [3.63, 3.8) is 0 Å². The Balaban J connectivity index is 1.56. The third kappa shape index (κ3) is 4.48. The second-order valence-electron chi connectivity index (χ2n) is 9.11. The van der Waals surface area contributed by atoms with Gasteiger partial charge in [0.1, 0.15) is 33.6 Å². The zero-order valence-corrected chi connectivity index (χ0v) is 21.6. The molecule has 1 aromatic carbocycles. The smallest absolute Gasteiger partial charge is 0.327 e. The molecule has 2 amide bonds. The van der Waals surface area contributed by atoms with E-state index in [4.69, 9.17) is 12.2 Å². The van der Waals surface area contributed by atoms with Gasteiger partial charge < -0.3 is 25.3 Å². The van der Waals surface area contributed by atoms with Crippen LogP contribution in [0.5, 0.6) is 5.75 Å². The number of carbonyl (C=O) groups excluding carboxylic acids is 2. The molecule has 3 saturated heterocycles. The number of benzene rings is 1. The number of phenols is 1. The fraction of sp³-hybridized carbons (Fsp3) is 0.545. The van der Waals surface area contributed by atoms with Gasteiger partial charge in [-0.15, -0.1) is 11.8 Å². The number of fused-ring (bicyclic) bond motifs is 1. The van der Waals surface area contributed by atoms with Gasteiger partial charge in [0, 0.05) is 11.3 Å². The first-order chi connectivity index (χ1) is 16.0. The first-order valence-electron chi connectivity index (χ1n) is 11.0. The summed E-state index contributed by atoms with van der Waals surface area (Å²) in [7, 11) is 0. The van der Waals surface area contributed by atoms with Crippen molar-refractivity contribution in [3.05, 3.63) is 29.8 Å². The molecule has 12 heteroatoms. The number of phenolic OH excluding ortho intramolecular Hbond substituents is 1. The summed E-state index contributed by atoms with van der Waals surface area (Å²) < 4.78 is 0.124. The van der Waals surface area contributed by atoms with Gasteiger partial charge in [0.05, 0.1) is 12.5 Å². The fourth-order valence-corrected chi connectivity index (χ4v) is 7.47. The maximum absolute atomic E-state index is 13.6. The number of nitrogens with zero attached hydrogens (tertiary/aromatic N) is 3. The summed E-state index contributed by atoms with van der Waals surface area (Å²) in [6, 6.07) is 4.04. The van der Waals surface area contributed by atoms with Crippen LogP contribution in [0.25, 0.3) is 0 Å². The van der Waals surface area contributed by atoms with E-state index >= 15 is 0 Å². The molecule has 4 rings (SSSR count). The molecule has 0 radical (unpaired) electrons. The quantitative estimate of drug-likeness (QED) is 0.362. The number of carbonyl (C=O) groups is 3. The highest BCUT2D eigenvalue weighted by Crippen LogP contribution is 2.50. The summed E-state index contributed by atoms with van der Waals surface area (Å²) in [6.45, 7) is 6.91. The number of β-lactam (4-membered cyclic amide) rings is 1. The minimum Gasteiger partial charge on any atom is -0.508 e. The van der Waals surface area contributed by atoms with Crippen LogP contribution in [0.15, 0.2) is 24.3 Å². The summed E-state index contributed by atoms with van der Waals surface area (Å²) in [5, 5.41) is 21.8. The number of hydrogen-bond donors (Lipinski definition) is 3. The van der Waals surface area contributed by atoms with E-state index in [0.29, 0.717) is 18.1 Å². The molecule has 0 aliphatic carbocycles. The molecule has 4 atom stereocenters. The van der Waals surface area contributed by atoms with Crippen molar-refractivity contribution in [1.82, 2.24) is 20.0 Å². The van der Waals surface area contributed by atoms with Crippen molar-refractivity contribution < 1.29 is 24.6 Å². The largest absolute Gasteiger partial charge is 0.508 e. The van der Waals surface area contributed by atoms with Crippen LogP contribution < -0.4 is 5.32 Å². The van der Waals surface area contributed by atoms with Crippen molar-refractivity contribution >= 4 is 57.8 Å². The lowest BCUT2D eigenvalue weighted by Gasteiger charge is -2.45. The van der Waals surface area contributed by atoms with Gasteiger partial charge in [0.25, 0.3) is 0 Å². The predicted molar refractivity (Wildman–Crippen MR) is 135 cm³/mol. The standard InChI is InChI=1S/C22H28N4O5S3/c1-4-9-24-10-25(11-33-21(24)32)15(12-5-7-13(27)8-6-12)17(28)23-14-18(29)26-16(20(30)31)22(2,3)34-19(14)26/h5-8,14-16,19,27H,4,9-11H2,1-3H3,(H,23,28)(H,30,31)/t14-,15?,16?,19?/m1/s1. The first-order valence-corrected chi connectivity index (χ1v) is 13.3. The highest BCUT2D eigenvalue weighted by Gasteiger charge is 2.64. The van der Waals surface area contributed by atoms with Crippen LogP contribution in [-0.4, -0.2) is 88.3 Å². The number of aromatic hydroxyl groups is 1. The van der Waals surface area contributed by atoms with E-state index in [1.54, 1.807) is 26.0 Å². The second-order valence-corrected chi connectivity index (χ2v) is 12.5. The zero-order chi connectivity index (χ0) is 24.8. The normalized spacial score (nSPS) is 27.2. The average Bonchev–Trinajstić information content (AvgIpc) is 3.04. The van der Waals surface area contributed by atoms with Crippen molar-refractivity contribution in [3.8, 4) is 5.75 Å². The molecule has 0 aromatic heterocycles. The van der Waals surface area contributed by atoms with E-state index in [0.717, 1.165) is 17.3 Å². The van der Waals surface area contributed by atoms with E-state index < -0.39 is 34.2 Å². The zero-order valence-electron chi connectivity index (χ0n) is 19.1. The molecular formula is C22H28N4O5S3. The number of rotatable bonds is 7. The van der Waals surface area contributed by atoms with Gasteiger partial charge >= 0.3 is 5.97 Å². The number of aliphatic carboxylic acids is 1. The molecule has 0 saturated carbocycles. The molecule has 0 bridgehead atoms. The Morgan fingerprint density at radius 2 is 1.97 bits per heavy atom. The Kier molecular flexibility index (Phi) is 7.05. The fourth-order valence-electron chi connectivity index (χ4n) is 4.70. The number of hydrogen-bond acceptors (Lipinski definition) is 8. The van der Waals surface area contributed by atoms with Gasteiger partial charge in [-0.2, -0.15) is 0 Å². The SMILES string of the molecule is CCCN1CN(C(C(=O)N[C@@H]2C(=O)N3C2SC(C)(C)C3C(=O)O)c2ccc(O)cc2)CSC1=S. The lowest BCUT2D eigenvalue weighted by atomic mass is 9.95. The minimum absolute atomic E-state index is 0.0961. The van der Waals surface area contributed by atoms with Crippen LogP contribution in [-0.2, 0) is 14.4 Å². The Hall–Kier alpha value is -2.02. The topological polar surface area (TPSA) is 113 Å². The molecule has 9 nitrogen and oxygen atoms in total. The monoisotopic (exact) mass is 524 g/mol. The number of thioether (sulfide) groups is 2. The Bertz CT molecular complexity index is 1000. The Morgan fingerprint density at radius 3 is 2.59 bits per heavy atom. The van der Waals surface area contributed by atoms with Gasteiger partial charge in [-0.05, 0) is 38.0 Å². The second kappa shape index (κ2) is 9.56. The lowest BCUT2D eigenvalue weighted by Crippen LogP contribution is -2.71. The van der Waals surface area contributed by atoms with Gasteiger partial charge in [-0.3, -0.25) is 14.5 Å². The van der Waals surface area contributed by atoms with E-state index in [1.165, 1.54) is 40.6 Å². The third-order valence-corrected chi connectivity index (χ3v) is 9.40. The molecule has 3 N–H and O–H groups in total. The van der Waals surface area contributed by atoms with Gasteiger partial charge in [-0.25, -0.2) is 4.79 Å². The molecule has 1 aromatic rings. The number of carboxylic acid groups (broad SMARTS) is 1. The van der Waals surface area contributed by atoms with Crippen molar-refractivity contribution in [2.45, 2.75) is 55.4 Å². The Morgan fingerprint density at radius 1 is 1.29 bits per heavy atom. The predicted octanol–water partition coefficient (Wildman–Crippen LogP) is 2.03. The lowest BCUT2D eigenvalue weighted by molar-refractivity contribution is -0.161. The van der Waals surface area contributed by atoms with Gasteiger partial charge in [0.2, 0.25) is 11.8 Å². The maximum Gasteiger partial charge on any atom is 0.327 e. The van der Waals surface area contributed by atoms with Crippen LogP contribution in [0, 0.1) is 0 Å². The molecular weight excluding hydrogens is 496 g/mol. The molecule has 3 unspecified atom stereocenters. The highest BCUT2D eigenvalue weighted by atomic mass is 32.2. The van der Waals surface area contributed by atoms with Crippen molar-refractivity contribution in [1.29, 1.82) is 0 Å². The summed E-state index contributed by atoms with van der Waals surface area (Å²) in [6.07, 6.45) is 0.913. The number of amides is 2. The highest BCUT2D eigenvalue weighted by molar-refractivity contribution is 8.22. The van der Waals surface area contributed by atoms with E-state index in [1.807, 2.05) is 9.80 Å². The molecule has 3 heterocycles. The van der Waals surface area contributed by atoms with E-state index in [9.17, 15) is 24.6 Å². The number of nitrogens with one attached hydrogen (secondary N) is 1. The van der Waals surface area contributed by atoms with Gasteiger partial charge in [-0.1, -0.05) is 43.0 Å². The molecule has 34 heavy (non-hydrogen) atoms. The summed E-state index contributed by atoms with van der Waals surface area (Å²) >= 11 is 8.36. The van der Waals surface area contributed by atoms with Crippen molar-refractivity contribution in [2.24, 2.45) is 0 Å². The molecule has 184 valence electrons. The number of thiocarbonyl (C=S) groups is 1. The first kappa shape index (κ1) is 25.1. The van der Waals surface area contributed by atoms with Crippen LogP contribution in [0.3, 0.4) is 0 Å². The van der Waals surface area contributed by atoms with E-state index in [-0.39, 0.29) is 17.6 Å². The molecule has 3 aliphatic heterocycles. The summed E-state index contributed by atoms with van der Waals surface area (Å²) in [4.78, 5) is 43.7. The van der Waals surface area contributed by atoms with Crippen LogP contribution in [0.2, 0.25) is 0 Å².